The van der Waals surface area contributed by atoms with Gasteiger partial charge in [-0.1, -0.05) is 20.8 Å². The number of fused-ring (bicyclic) bond motifs is 4. The smallest absolute Gasteiger partial charge is 0.333 e. The first-order valence-electron chi connectivity index (χ1n) is 11.4. The monoisotopic (exact) mass is 466 g/mol. The molecule has 3 saturated carbocycles. The van der Waals surface area contributed by atoms with E-state index in [0.717, 1.165) is 0 Å². The summed E-state index contributed by atoms with van der Waals surface area (Å²) in [6.07, 6.45) is -0.392. The summed E-state index contributed by atoms with van der Waals surface area (Å²) in [5, 5.41) is 23.5. The second-order valence-corrected chi connectivity index (χ2v) is 10.9. The highest BCUT2D eigenvalue weighted by Crippen LogP contribution is 2.68. The number of aliphatic hydroxyl groups excluding tert-OH is 1. The molecule has 0 saturated heterocycles. The van der Waals surface area contributed by atoms with Gasteiger partial charge in [0.1, 0.15) is 12.2 Å². The van der Waals surface area contributed by atoms with Crippen molar-refractivity contribution in [2.75, 3.05) is 7.11 Å². The summed E-state index contributed by atoms with van der Waals surface area (Å²) in [5.41, 5.74) is -2.76. The SMILES string of the molecule is COC12CC3C(CC1=CC(=O)O2)C(O)CC1(O)C(C)(C)CC(OC(C)=O)C(OC(C)=O)C31C. The molecule has 0 aromatic heterocycles. The minimum atomic E-state index is -1.48. The zero-order chi connectivity index (χ0) is 24.6. The Balaban J connectivity index is 1.89. The molecule has 2 N–H and O–H groups in total. The number of aliphatic hydroxyl groups is 2. The fourth-order valence-corrected chi connectivity index (χ4v) is 7.34. The lowest BCUT2D eigenvalue weighted by atomic mass is 9.40. The Kier molecular flexibility index (Phi) is 5.50. The van der Waals surface area contributed by atoms with Crippen LogP contribution in [0.1, 0.15) is 60.3 Å². The Bertz CT molecular complexity index is 910. The van der Waals surface area contributed by atoms with E-state index in [1.54, 1.807) is 0 Å². The normalized spacial score (nSPS) is 45.6. The van der Waals surface area contributed by atoms with E-state index >= 15 is 0 Å². The standard InChI is InChI=1S/C24H34O9/c1-12(25)31-18-11-21(3,4)24(29)10-17(27)15-7-14-8-19(28)33-23(14,30-6)9-16(15)22(24,5)20(18)32-13(2)26/h8,15-18,20,27,29H,7,9-11H2,1-6H3. The lowest BCUT2D eigenvalue weighted by Gasteiger charge is -2.69. The molecular formula is C24H34O9. The van der Waals surface area contributed by atoms with Crippen LogP contribution in [0.3, 0.4) is 0 Å². The van der Waals surface area contributed by atoms with Gasteiger partial charge in [-0.05, 0) is 30.1 Å². The van der Waals surface area contributed by atoms with Crippen LogP contribution >= 0.6 is 0 Å². The van der Waals surface area contributed by atoms with Crippen molar-refractivity contribution in [3.63, 3.8) is 0 Å². The number of methoxy groups -OCH3 is 1. The number of ether oxygens (including phenoxy) is 4. The lowest BCUT2D eigenvalue weighted by molar-refractivity contribution is -0.329. The highest BCUT2D eigenvalue weighted by molar-refractivity contribution is 5.86. The van der Waals surface area contributed by atoms with Gasteiger partial charge in [0.2, 0.25) is 5.79 Å². The van der Waals surface area contributed by atoms with E-state index in [1.807, 2.05) is 20.8 Å². The summed E-state index contributed by atoms with van der Waals surface area (Å²) < 4.78 is 22.7. The van der Waals surface area contributed by atoms with E-state index in [-0.39, 0.29) is 25.2 Å². The molecule has 0 aromatic carbocycles. The molecule has 184 valence electrons. The van der Waals surface area contributed by atoms with Crippen LogP contribution in [0.5, 0.6) is 0 Å². The molecule has 33 heavy (non-hydrogen) atoms. The fourth-order valence-electron chi connectivity index (χ4n) is 7.34. The number of carbonyl (C=O) groups excluding carboxylic acids is 3. The number of esters is 3. The van der Waals surface area contributed by atoms with Gasteiger partial charge in [0, 0.05) is 50.9 Å². The predicted octanol–water partition coefficient (Wildman–Crippen LogP) is 1.63. The van der Waals surface area contributed by atoms with Crippen molar-refractivity contribution < 1.29 is 43.5 Å². The minimum Gasteiger partial charge on any atom is -0.459 e. The molecule has 1 aliphatic heterocycles. The van der Waals surface area contributed by atoms with Gasteiger partial charge < -0.3 is 29.2 Å². The fraction of sp³-hybridized carbons (Fsp3) is 0.792. The van der Waals surface area contributed by atoms with Gasteiger partial charge >= 0.3 is 17.9 Å². The Morgan fingerprint density at radius 3 is 2.30 bits per heavy atom. The Morgan fingerprint density at radius 1 is 1.09 bits per heavy atom. The maximum atomic E-state index is 12.3. The highest BCUT2D eigenvalue weighted by Gasteiger charge is 2.75. The van der Waals surface area contributed by atoms with Crippen LogP contribution in [-0.2, 0) is 33.3 Å². The van der Waals surface area contributed by atoms with Crippen LogP contribution in [0.2, 0.25) is 0 Å². The van der Waals surface area contributed by atoms with Gasteiger partial charge in [0.15, 0.2) is 0 Å². The quantitative estimate of drug-likeness (QED) is 0.471. The number of rotatable bonds is 3. The third kappa shape index (κ3) is 3.26. The van der Waals surface area contributed by atoms with Crippen LogP contribution in [-0.4, -0.2) is 64.9 Å². The average Bonchev–Trinajstić information content (AvgIpc) is 3.02. The van der Waals surface area contributed by atoms with Crippen molar-refractivity contribution in [3.05, 3.63) is 11.6 Å². The molecule has 1 heterocycles. The van der Waals surface area contributed by atoms with Gasteiger partial charge in [-0.2, -0.15) is 0 Å². The van der Waals surface area contributed by atoms with E-state index in [9.17, 15) is 24.6 Å². The maximum absolute atomic E-state index is 12.3. The third-order valence-electron chi connectivity index (χ3n) is 8.87. The zero-order valence-corrected chi connectivity index (χ0v) is 20.0. The molecule has 3 aliphatic carbocycles. The molecule has 0 bridgehead atoms. The molecule has 8 atom stereocenters. The van der Waals surface area contributed by atoms with E-state index < -0.39 is 64.4 Å². The molecule has 9 nitrogen and oxygen atoms in total. The van der Waals surface area contributed by atoms with E-state index in [2.05, 4.69) is 0 Å². The predicted molar refractivity (Wildman–Crippen MR) is 113 cm³/mol. The molecule has 0 radical (unpaired) electrons. The van der Waals surface area contributed by atoms with Crippen LogP contribution in [0.25, 0.3) is 0 Å². The van der Waals surface area contributed by atoms with E-state index in [4.69, 9.17) is 18.9 Å². The summed E-state index contributed by atoms with van der Waals surface area (Å²) in [6, 6.07) is 0. The molecule has 4 aliphatic rings. The van der Waals surface area contributed by atoms with Gasteiger partial charge in [0.25, 0.3) is 0 Å². The van der Waals surface area contributed by atoms with Crippen molar-refractivity contribution in [2.45, 2.75) is 90.0 Å². The topological polar surface area (TPSA) is 129 Å². The molecular weight excluding hydrogens is 432 g/mol. The molecule has 4 rings (SSSR count). The first kappa shape index (κ1) is 24.2. The van der Waals surface area contributed by atoms with Crippen molar-refractivity contribution in [2.24, 2.45) is 22.7 Å². The number of carbonyl (C=O) groups is 3. The molecule has 9 heteroatoms. The first-order chi connectivity index (χ1) is 15.2. The Hall–Kier alpha value is -1.97. The Labute approximate surface area is 193 Å². The van der Waals surface area contributed by atoms with Gasteiger partial charge in [0.05, 0.1) is 11.7 Å². The van der Waals surface area contributed by atoms with Crippen LogP contribution in [0.15, 0.2) is 11.6 Å². The summed E-state index contributed by atoms with van der Waals surface area (Å²) in [7, 11) is 1.45. The molecule has 3 fully saturated rings. The summed E-state index contributed by atoms with van der Waals surface area (Å²) in [4.78, 5) is 36.3. The van der Waals surface area contributed by atoms with Crippen molar-refractivity contribution >= 4 is 17.9 Å². The Morgan fingerprint density at radius 2 is 1.73 bits per heavy atom. The first-order valence-corrected chi connectivity index (χ1v) is 11.4. The third-order valence-corrected chi connectivity index (χ3v) is 8.87. The molecule has 0 spiro atoms. The van der Waals surface area contributed by atoms with Crippen molar-refractivity contribution in [1.29, 1.82) is 0 Å². The zero-order valence-electron chi connectivity index (χ0n) is 20.0. The maximum Gasteiger partial charge on any atom is 0.333 e. The van der Waals surface area contributed by atoms with Gasteiger partial charge in [-0.3, -0.25) is 9.59 Å². The average molecular weight is 467 g/mol. The van der Waals surface area contributed by atoms with Crippen molar-refractivity contribution in [1.82, 2.24) is 0 Å². The largest absolute Gasteiger partial charge is 0.459 e. The van der Waals surface area contributed by atoms with Gasteiger partial charge in [-0.15, -0.1) is 0 Å². The second kappa shape index (κ2) is 7.52. The lowest BCUT2D eigenvalue weighted by Crippen LogP contribution is -2.77. The van der Waals surface area contributed by atoms with Crippen LogP contribution < -0.4 is 0 Å². The summed E-state index contributed by atoms with van der Waals surface area (Å²) in [6.45, 7) is 8.14. The summed E-state index contributed by atoms with van der Waals surface area (Å²) in [5.74, 6) is -3.72. The minimum absolute atomic E-state index is 0.0598. The molecule has 0 aromatic rings. The molecule has 8 unspecified atom stereocenters. The van der Waals surface area contributed by atoms with E-state index in [1.165, 1.54) is 27.0 Å². The number of hydrogen-bond donors (Lipinski definition) is 2. The molecule has 0 amide bonds. The van der Waals surface area contributed by atoms with Crippen LogP contribution in [0.4, 0.5) is 0 Å². The highest BCUT2D eigenvalue weighted by atomic mass is 16.7. The number of hydrogen-bond acceptors (Lipinski definition) is 9. The van der Waals surface area contributed by atoms with Crippen molar-refractivity contribution in [3.8, 4) is 0 Å². The van der Waals surface area contributed by atoms with Gasteiger partial charge in [-0.25, -0.2) is 4.79 Å². The second-order valence-electron chi connectivity index (χ2n) is 10.9. The van der Waals surface area contributed by atoms with E-state index in [0.29, 0.717) is 12.0 Å². The van der Waals surface area contributed by atoms with Crippen LogP contribution in [0, 0.1) is 22.7 Å². The summed E-state index contributed by atoms with van der Waals surface area (Å²) >= 11 is 0.